The zero-order valence-corrected chi connectivity index (χ0v) is 57.6. The van der Waals surface area contributed by atoms with Gasteiger partial charge < -0.3 is 17.7 Å². The van der Waals surface area contributed by atoms with Gasteiger partial charge in [0.25, 0.3) is 0 Å². The molecule has 0 fully saturated rings. The third-order valence-electron chi connectivity index (χ3n) is 20.8. The standard InChI is InChI=1S/C98H56N6O4/c99-57-58-16-14-23-71(48-58)85-56-86(101-95(100-85)61-19-6-2-7-20-61)79-49-64(66-37-44-89-80(50-66)75-24-10-12-28-87(75)105-89)34-41-72(79)68-40-47-92-83(54-68)78-27-15-26-74(94(78)108-92)70-36-43-77-81-51-67(38-45-91(81)107-93(77)55-70)65-35-42-73(69-39-46-90-82(53-69)76-25-11-13-29-88(76)106-90)84(52-65)98-103-96(62-21-8-3-9-22-62)102-97(104-98)63-32-30-60(31-33-63)59-17-4-1-5-18-59/h1-56H. The maximum absolute atomic E-state index is 10.0. The predicted octanol–water partition coefficient (Wildman–Crippen LogP) is 26.1. The van der Waals surface area contributed by atoms with E-state index in [1.807, 2.05) is 133 Å². The fourth-order valence-electron chi connectivity index (χ4n) is 15.4. The minimum Gasteiger partial charge on any atom is -0.456 e. The Bertz CT molecular complexity index is 7250. The van der Waals surface area contributed by atoms with E-state index in [2.05, 4.69) is 212 Å². The lowest BCUT2D eigenvalue weighted by Gasteiger charge is -2.15. The second-order valence-corrected chi connectivity index (χ2v) is 27.3. The summed E-state index contributed by atoms with van der Waals surface area (Å²) in [6, 6.07) is 119. The normalized spacial score (nSPS) is 11.7. The molecule has 0 aliphatic carbocycles. The molecule has 0 atom stereocenters. The maximum atomic E-state index is 10.0. The van der Waals surface area contributed by atoms with Gasteiger partial charge in [-0.05, 0) is 164 Å². The number of hydrogen-bond acceptors (Lipinski definition) is 10. The number of aromatic nitrogens is 5. The summed E-state index contributed by atoms with van der Waals surface area (Å²) in [4.78, 5) is 26.4. The zero-order chi connectivity index (χ0) is 71.3. The van der Waals surface area contributed by atoms with Crippen LogP contribution in [0.2, 0.25) is 0 Å². The Kier molecular flexibility index (Phi) is 14.4. The van der Waals surface area contributed by atoms with Crippen LogP contribution in [0.15, 0.2) is 357 Å². The average Bonchev–Trinajstić information content (AvgIpc) is 1.39. The largest absolute Gasteiger partial charge is 0.456 e. The Balaban J connectivity index is 0.664. The molecule has 0 saturated carbocycles. The van der Waals surface area contributed by atoms with Gasteiger partial charge in [-0.3, -0.25) is 0 Å². The lowest BCUT2D eigenvalue weighted by atomic mass is 9.91. The summed E-state index contributed by atoms with van der Waals surface area (Å²) in [5.74, 6) is 2.26. The van der Waals surface area contributed by atoms with Crippen molar-refractivity contribution < 1.29 is 17.7 Å². The Morgan fingerprint density at radius 2 is 0.583 bits per heavy atom. The van der Waals surface area contributed by atoms with E-state index in [1.165, 1.54) is 0 Å². The molecule has 0 bridgehead atoms. The minimum atomic E-state index is 0.545. The maximum Gasteiger partial charge on any atom is 0.164 e. The van der Waals surface area contributed by atoms with Gasteiger partial charge in [0.05, 0.1) is 23.0 Å². The summed E-state index contributed by atoms with van der Waals surface area (Å²) in [6.07, 6.45) is 0. The lowest BCUT2D eigenvalue weighted by Crippen LogP contribution is -2.01. The highest BCUT2D eigenvalue weighted by Crippen LogP contribution is 2.46. The van der Waals surface area contributed by atoms with E-state index in [1.54, 1.807) is 0 Å². The van der Waals surface area contributed by atoms with Crippen molar-refractivity contribution in [1.29, 1.82) is 5.26 Å². The van der Waals surface area contributed by atoms with Gasteiger partial charge in [-0.15, -0.1) is 0 Å². The minimum absolute atomic E-state index is 0.545. The Morgan fingerprint density at radius 1 is 0.194 bits per heavy atom. The second-order valence-electron chi connectivity index (χ2n) is 27.3. The summed E-state index contributed by atoms with van der Waals surface area (Å²) < 4.78 is 26.4. The first-order chi connectivity index (χ1) is 53.4. The number of rotatable bonds is 12. The van der Waals surface area contributed by atoms with Crippen LogP contribution < -0.4 is 0 Å². The molecular formula is C98H56N6O4. The van der Waals surface area contributed by atoms with Gasteiger partial charge in [-0.1, -0.05) is 237 Å². The van der Waals surface area contributed by atoms with E-state index in [0.29, 0.717) is 34.6 Å². The van der Waals surface area contributed by atoms with Crippen LogP contribution in [0.5, 0.6) is 0 Å². The van der Waals surface area contributed by atoms with Gasteiger partial charge in [-0.25, -0.2) is 24.9 Å². The van der Waals surface area contributed by atoms with Gasteiger partial charge in [0.2, 0.25) is 0 Å². The molecule has 21 aromatic rings. The molecule has 108 heavy (non-hydrogen) atoms. The van der Waals surface area contributed by atoms with Crippen molar-refractivity contribution in [3.05, 3.63) is 345 Å². The number of para-hydroxylation sites is 3. The number of hydrogen-bond donors (Lipinski definition) is 0. The highest BCUT2D eigenvalue weighted by atomic mass is 16.3. The molecule has 0 unspecified atom stereocenters. The van der Waals surface area contributed by atoms with E-state index in [-0.39, 0.29) is 0 Å². The summed E-state index contributed by atoms with van der Waals surface area (Å²) in [7, 11) is 0. The first-order valence-corrected chi connectivity index (χ1v) is 35.9. The summed E-state index contributed by atoms with van der Waals surface area (Å²) in [6.45, 7) is 0. The number of nitriles is 1. The van der Waals surface area contributed by atoms with Crippen LogP contribution in [0, 0.1) is 11.3 Å². The van der Waals surface area contributed by atoms with E-state index in [0.717, 1.165) is 194 Å². The second kappa shape index (κ2) is 25.2. The molecule has 0 N–H and O–H groups in total. The van der Waals surface area contributed by atoms with Crippen LogP contribution in [0.3, 0.4) is 0 Å². The smallest absolute Gasteiger partial charge is 0.164 e. The van der Waals surface area contributed by atoms with Crippen molar-refractivity contribution >= 4 is 87.8 Å². The van der Waals surface area contributed by atoms with Gasteiger partial charge in [0.1, 0.15) is 44.7 Å². The molecule has 0 amide bonds. The van der Waals surface area contributed by atoms with E-state index in [9.17, 15) is 5.26 Å². The van der Waals surface area contributed by atoms with E-state index >= 15 is 0 Å². The number of furan rings is 4. The Hall–Kier alpha value is -14.9. The lowest BCUT2D eigenvalue weighted by molar-refractivity contribution is 0.668. The first kappa shape index (κ1) is 61.7. The number of benzene rings is 15. The Labute approximate surface area is 618 Å². The van der Waals surface area contributed by atoms with Gasteiger partial charge >= 0.3 is 0 Å². The molecule has 10 nitrogen and oxygen atoms in total. The zero-order valence-electron chi connectivity index (χ0n) is 57.6. The number of fused-ring (bicyclic) bond motifs is 12. The van der Waals surface area contributed by atoms with Crippen molar-refractivity contribution in [2.24, 2.45) is 0 Å². The molecule has 0 aliphatic rings. The molecular weight excluding hydrogens is 1330 g/mol. The van der Waals surface area contributed by atoms with Crippen LogP contribution in [0.1, 0.15) is 5.56 Å². The molecule has 6 heterocycles. The third kappa shape index (κ3) is 10.8. The van der Waals surface area contributed by atoms with E-state index < -0.39 is 0 Å². The van der Waals surface area contributed by atoms with Gasteiger partial charge in [0, 0.05) is 82.0 Å². The van der Waals surface area contributed by atoms with Crippen molar-refractivity contribution in [2.45, 2.75) is 0 Å². The van der Waals surface area contributed by atoms with Crippen molar-refractivity contribution in [2.75, 3.05) is 0 Å². The fraction of sp³-hybridized carbons (Fsp3) is 0. The van der Waals surface area contributed by atoms with Crippen LogP contribution in [0.4, 0.5) is 0 Å². The van der Waals surface area contributed by atoms with Gasteiger partial charge in [-0.2, -0.15) is 5.26 Å². The summed E-state index contributed by atoms with van der Waals surface area (Å²) in [5.41, 5.74) is 25.7. The van der Waals surface area contributed by atoms with Crippen molar-refractivity contribution in [1.82, 2.24) is 24.9 Å². The SMILES string of the molecule is N#Cc1cccc(-c2cc(-c3cc(-c4ccc5oc6ccccc6c5c4)ccc3-c3ccc4oc5c(-c6ccc7c(c6)oc6ccc(-c8ccc(-c9ccc%10oc%11ccccc%11c%10c9)c(-c9nc(-c%10ccccc%10)nc(-c%10ccc(-c%11ccccc%11)cc%10)n9)c8)cc67)cccc5c4c3)nc(-c3ccccc3)n2)c1. The molecule has 15 aromatic carbocycles. The van der Waals surface area contributed by atoms with Crippen molar-refractivity contribution in [3.63, 3.8) is 0 Å². The molecule has 0 spiro atoms. The molecule has 21 rings (SSSR count). The summed E-state index contributed by atoms with van der Waals surface area (Å²) >= 11 is 0. The molecule has 6 aromatic heterocycles. The third-order valence-corrected chi connectivity index (χ3v) is 20.8. The number of nitrogens with zero attached hydrogens (tertiary/aromatic N) is 6. The van der Waals surface area contributed by atoms with Crippen LogP contribution in [-0.2, 0) is 0 Å². The van der Waals surface area contributed by atoms with Gasteiger partial charge in [0.15, 0.2) is 23.3 Å². The van der Waals surface area contributed by atoms with Crippen LogP contribution in [0.25, 0.3) is 223 Å². The molecule has 0 aliphatic heterocycles. The van der Waals surface area contributed by atoms with Crippen molar-refractivity contribution in [3.8, 4) is 141 Å². The molecule has 10 heteroatoms. The molecule has 0 radical (unpaired) electrons. The monoisotopic (exact) mass is 1380 g/mol. The highest BCUT2D eigenvalue weighted by Gasteiger charge is 2.24. The average molecular weight is 1380 g/mol. The Morgan fingerprint density at radius 3 is 1.20 bits per heavy atom. The highest BCUT2D eigenvalue weighted by molar-refractivity contribution is 6.14. The fourth-order valence-corrected chi connectivity index (χ4v) is 15.4. The van der Waals surface area contributed by atoms with E-state index in [4.69, 9.17) is 42.6 Å². The summed E-state index contributed by atoms with van der Waals surface area (Å²) in [5, 5.41) is 18.1. The first-order valence-electron chi connectivity index (χ1n) is 35.9. The topological polar surface area (TPSA) is 141 Å². The van der Waals surface area contributed by atoms with Crippen LogP contribution >= 0.6 is 0 Å². The predicted molar refractivity (Wildman–Crippen MR) is 434 cm³/mol. The molecule has 502 valence electrons. The molecule has 0 saturated heterocycles. The van der Waals surface area contributed by atoms with Crippen LogP contribution in [-0.4, -0.2) is 24.9 Å². The quantitative estimate of drug-likeness (QED) is 0.116.